The summed E-state index contributed by atoms with van der Waals surface area (Å²) < 4.78 is 7.25. The van der Waals surface area contributed by atoms with Gasteiger partial charge >= 0.3 is 0 Å². The first-order valence-corrected chi connectivity index (χ1v) is 5.76. The van der Waals surface area contributed by atoms with Crippen LogP contribution in [0.25, 0.3) is 0 Å². The van der Waals surface area contributed by atoms with Gasteiger partial charge in [-0.3, -0.25) is 4.68 Å². The quantitative estimate of drug-likeness (QED) is 0.835. The van der Waals surface area contributed by atoms with Crippen LogP contribution in [-0.2, 0) is 7.05 Å². The summed E-state index contributed by atoms with van der Waals surface area (Å²) in [6.45, 7) is 4.39. The third kappa shape index (κ3) is 2.45. The molecular weight excluding hydrogens is 216 g/mol. The zero-order chi connectivity index (χ0) is 13.2. The van der Waals surface area contributed by atoms with Crippen molar-refractivity contribution in [3.63, 3.8) is 0 Å². The molecule has 0 aromatic carbocycles. The van der Waals surface area contributed by atoms with Crippen LogP contribution in [0, 0.1) is 0 Å². The molecule has 1 unspecified atom stereocenters. The second-order valence-electron chi connectivity index (χ2n) is 4.99. The van der Waals surface area contributed by atoms with E-state index in [1.807, 2.05) is 18.8 Å². The fraction of sp³-hybridized carbons (Fsp3) is 0.750. The summed E-state index contributed by atoms with van der Waals surface area (Å²) in [5.74, 6) is 0.821. The summed E-state index contributed by atoms with van der Waals surface area (Å²) in [5.41, 5.74) is 1.02. The molecular formula is C12H24N4O. The van der Waals surface area contributed by atoms with E-state index >= 15 is 0 Å². The number of methoxy groups -OCH3 is 1. The fourth-order valence-electron chi connectivity index (χ4n) is 2.00. The normalized spacial score (nSPS) is 14.1. The van der Waals surface area contributed by atoms with E-state index in [4.69, 9.17) is 4.74 Å². The minimum Gasteiger partial charge on any atom is -0.493 e. The first-order chi connectivity index (χ1) is 7.86. The molecule has 5 nitrogen and oxygen atoms in total. The summed E-state index contributed by atoms with van der Waals surface area (Å²) in [6.07, 6.45) is 1.76. The van der Waals surface area contributed by atoms with Gasteiger partial charge in [0.1, 0.15) is 0 Å². The maximum absolute atomic E-state index is 5.38. The first-order valence-electron chi connectivity index (χ1n) is 5.76. The second-order valence-corrected chi connectivity index (χ2v) is 4.99. The van der Waals surface area contributed by atoms with Crippen LogP contribution in [-0.4, -0.2) is 48.5 Å². The number of hydrogen-bond acceptors (Lipinski definition) is 4. The molecule has 0 radical (unpaired) electrons. The number of likely N-dealkylation sites (N-methyl/N-ethyl adjacent to an activating group) is 2. The molecule has 0 fully saturated rings. The van der Waals surface area contributed by atoms with Crippen molar-refractivity contribution < 1.29 is 4.74 Å². The Bertz CT molecular complexity index is 371. The smallest absolute Gasteiger partial charge is 0.161 e. The van der Waals surface area contributed by atoms with Crippen LogP contribution >= 0.6 is 0 Å². The SMILES string of the molecule is CNC(c1c(OC)cnn1C)C(C)(C)N(C)C. The highest BCUT2D eigenvalue weighted by molar-refractivity contribution is 5.30. The summed E-state index contributed by atoms with van der Waals surface area (Å²) in [6, 6.07) is 0.139. The van der Waals surface area contributed by atoms with Gasteiger partial charge in [-0.2, -0.15) is 5.10 Å². The van der Waals surface area contributed by atoms with Crippen molar-refractivity contribution >= 4 is 0 Å². The molecule has 0 amide bonds. The lowest BCUT2D eigenvalue weighted by atomic mass is 9.90. The van der Waals surface area contributed by atoms with Crippen molar-refractivity contribution in [2.24, 2.45) is 7.05 Å². The van der Waals surface area contributed by atoms with Crippen molar-refractivity contribution in [3.8, 4) is 5.75 Å². The minimum absolute atomic E-state index is 0.0458. The van der Waals surface area contributed by atoms with Gasteiger partial charge in [-0.05, 0) is 35.0 Å². The average molecular weight is 240 g/mol. The molecule has 98 valence electrons. The Morgan fingerprint density at radius 2 is 2.06 bits per heavy atom. The van der Waals surface area contributed by atoms with Gasteiger partial charge < -0.3 is 15.0 Å². The van der Waals surface area contributed by atoms with Crippen LogP contribution in [0.4, 0.5) is 0 Å². The predicted octanol–water partition coefficient (Wildman–Crippen LogP) is 1.03. The Kier molecular flexibility index (Phi) is 4.16. The minimum atomic E-state index is -0.0458. The van der Waals surface area contributed by atoms with E-state index in [-0.39, 0.29) is 11.6 Å². The lowest BCUT2D eigenvalue weighted by Crippen LogP contribution is -2.49. The molecule has 1 aromatic rings. The van der Waals surface area contributed by atoms with Gasteiger partial charge in [0, 0.05) is 12.6 Å². The van der Waals surface area contributed by atoms with Crippen molar-refractivity contribution in [3.05, 3.63) is 11.9 Å². The van der Waals surface area contributed by atoms with E-state index < -0.39 is 0 Å². The van der Waals surface area contributed by atoms with Crippen molar-refractivity contribution in [1.82, 2.24) is 20.0 Å². The number of hydrogen-bond donors (Lipinski definition) is 1. The molecule has 0 bridgehead atoms. The molecule has 0 saturated carbocycles. The maximum atomic E-state index is 5.38. The standard InChI is InChI=1S/C12H24N4O/c1-12(2,15(4)5)11(13-3)10-9(17-7)8-14-16(10)6/h8,11,13H,1-7H3. The lowest BCUT2D eigenvalue weighted by Gasteiger charge is -2.40. The van der Waals surface area contributed by atoms with E-state index in [0.717, 1.165) is 11.4 Å². The summed E-state index contributed by atoms with van der Waals surface area (Å²) in [5, 5.41) is 7.62. The van der Waals surface area contributed by atoms with E-state index in [2.05, 4.69) is 43.3 Å². The van der Waals surface area contributed by atoms with Crippen LogP contribution in [0.5, 0.6) is 5.75 Å². The molecule has 0 aliphatic rings. The Morgan fingerprint density at radius 3 is 2.47 bits per heavy atom. The monoisotopic (exact) mass is 240 g/mol. The molecule has 1 rings (SSSR count). The molecule has 0 aliphatic heterocycles. The zero-order valence-electron chi connectivity index (χ0n) is 11.9. The van der Waals surface area contributed by atoms with Gasteiger partial charge in [-0.25, -0.2) is 0 Å². The Morgan fingerprint density at radius 1 is 1.47 bits per heavy atom. The van der Waals surface area contributed by atoms with Crippen molar-refractivity contribution in [2.45, 2.75) is 25.4 Å². The second kappa shape index (κ2) is 5.06. The predicted molar refractivity (Wildman–Crippen MR) is 69.3 cm³/mol. The molecule has 5 heteroatoms. The number of ether oxygens (including phenoxy) is 1. The maximum Gasteiger partial charge on any atom is 0.161 e. The Hall–Kier alpha value is -1.07. The van der Waals surface area contributed by atoms with Crippen LogP contribution in [0.15, 0.2) is 6.20 Å². The molecule has 0 spiro atoms. The van der Waals surface area contributed by atoms with E-state index in [9.17, 15) is 0 Å². The summed E-state index contributed by atoms with van der Waals surface area (Å²) >= 11 is 0. The third-order valence-electron chi connectivity index (χ3n) is 3.59. The number of aromatic nitrogens is 2. The first kappa shape index (κ1) is 14.0. The summed E-state index contributed by atoms with van der Waals surface area (Å²) in [4.78, 5) is 2.20. The average Bonchev–Trinajstić information content (AvgIpc) is 2.61. The molecule has 17 heavy (non-hydrogen) atoms. The van der Waals surface area contributed by atoms with Gasteiger partial charge in [0.15, 0.2) is 5.75 Å². The van der Waals surface area contributed by atoms with Gasteiger partial charge in [-0.1, -0.05) is 0 Å². The van der Waals surface area contributed by atoms with Gasteiger partial charge in [-0.15, -0.1) is 0 Å². The molecule has 0 aliphatic carbocycles. The largest absolute Gasteiger partial charge is 0.493 e. The highest BCUT2D eigenvalue weighted by Crippen LogP contribution is 2.34. The third-order valence-corrected chi connectivity index (χ3v) is 3.59. The molecule has 1 heterocycles. The van der Waals surface area contributed by atoms with Crippen molar-refractivity contribution in [1.29, 1.82) is 0 Å². The summed E-state index contributed by atoms with van der Waals surface area (Å²) in [7, 11) is 9.73. The molecule has 0 saturated heterocycles. The van der Waals surface area contributed by atoms with Crippen molar-refractivity contribution in [2.75, 3.05) is 28.3 Å². The van der Waals surface area contributed by atoms with Crippen LogP contribution in [0.3, 0.4) is 0 Å². The van der Waals surface area contributed by atoms with Gasteiger partial charge in [0.2, 0.25) is 0 Å². The lowest BCUT2D eigenvalue weighted by molar-refractivity contribution is 0.136. The Balaban J connectivity index is 3.22. The topological polar surface area (TPSA) is 42.3 Å². The van der Waals surface area contributed by atoms with E-state index in [1.165, 1.54) is 0 Å². The van der Waals surface area contributed by atoms with E-state index in [0.29, 0.717) is 0 Å². The van der Waals surface area contributed by atoms with Crippen LogP contribution < -0.4 is 10.1 Å². The molecule has 1 atom stereocenters. The van der Waals surface area contributed by atoms with Gasteiger partial charge in [0.05, 0.1) is 25.0 Å². The Labute approximate surface area is 104 Å². The fourth-order valence-corrected chi connectivity index (χ4v) is 2.00. The molecule has 1 N–H and O–H groups in total. The van der Waals surface area contributed by atoms with Crippen LogP contribution in [0.2, 0.25) is 0 Å². The van der Waals surface area contributed by atoms with E-state index in [1.54, 1.807) is 13.3 Å². The number of nitrogens with one attached hydrogen (secondary N) is 1. The highest BCUT2D eigenvalue weighted by Gasteiger charge is 2.35. The number of nitrogens with zero attached hydrogens (tertiary/aromatic N) is 3. The van der Waals surface area contributed by atoms with Gasteiger partial charge in [0.25, 0.3) is 0 Å². The number of aryl methyl sites for hydroxylation is 1. The van der Waals surface area contributed by atoms with Crippen LogP contribution in [0.1, 0.15) is 25.6 Å². The number of rotatable bonds is 5. The molecule has 1 aromatic heterocycles. The highest BCUT2D eigenvalue weighted by atomic mass is 16.5. The zero-order valence-corrected chi connectivity index (χ0v) is 11.9.